The molecule has 0 N–H and O–H groups in total. The lowest BCUT2D eigenvalue weighted by molar-refractivity contribution is -0.137. The Morgan fingerprint density at radius 1 is 0.750 bits per heavy atom. The maximum atomic E-state index is 15.2. The molecule has 1 aromatic heterocycles. The van der Waals surface area contributed by atoms with Gasteiger partial charge >= 0.3 is 6.18 Å². The average molecular weight is 493 g/mol. The van der Waals surface area contributed by atoms with Gasteiger partial charge in [-0.2, -0.15) is 13.2 Å². The highest BCUT2D eigenvalue weighted by molar-refractivity contribution is 5.84. The molecule has 0 radical (unpaired) electrons. The summed E-state index contributed by atoms with van der Waals surface area (Å²) in [4.78, 5) is 8.94. The number of nitrogens with zero attached hydrogens (tertiary/aromatic N) is 2. The molecule has 4 aromatic rings. The van der Waals surface area contributed by atoms with Crippen LogP contribution >= 0.6 is 0 Å². The van der Waals surface area contributed by atoms with Crippen molar-refractivity contribution >= 4 is 10.8 Å². The van der Waals surface area contributed by atoms with Crippen LogP contribution in [0.3, 0.4) is 0 Å². The van der Waals surface area contributed by atoms with Crippen LogP contribution in [-0.4, -0.2) is 9.97 Å². The van der Waals surface area contributed by atoms with E-state index in [1.54, 1.807) is 12.1 Å². The van der Waals surface area contributed by atoms with Crippen LogP contribution in [0.15, 0.2) is 79.1 Å². The summed E-state index contributed by atoms with van der Waals surface area (Å²) in [7, 11) is 0. The third-order valence-corrected chi connectivity index (χ3v) is 6.29. The second kappa shape index (κ2) is 11.5. The fourth-order valence-corrected chi connectivity index (χ4v) is 4.19. The number of halogens is 4. The van der Waals surface area contributed by atoms with Gasteiger partial charge in [-0.25, -0.2) is 14.4 Å². The monoisotopic (exact) mass is 492 g/mol. The van der Waals surface area contributed by atoms with E-state index < -0.39 is 11.7 Å². The summed E-state index contributed by atoms with van der Waals surface area (Å²) >= 11 is 0. The molecule has 186 valence electrons. The van der Waals surface area contributed by atoms with E-state index in [9.17, 15) is 13.2 Å². The van der Waals surface area contributed by atoms with Gasteiger partial charge in [-0.05, 0) is 78.8 Å². The lowest BCUT2D eigenvalue weighted by Crippen LogP contribution is -2.04. The molecule has 36 heavy (non-hydrogen) atoms. The molecule has 0 spiro atoms. The average Bonchev–Trinajstić information content (AvgIpc) is 2.88. The first-order valence-corrected chi connectivity index (χ1v) is 12.1. The number of rotatable bonds is 9. The van der Waals surface area contributed by atoms with Gasteiger partial charge in [-0.1, -0.05) is 54.6 Å². The highest BCUT2D eigenvalue weighted by Gasteiger charge is 2.29. The van der Waals surface area contributed by atoms with E-state index in [2.05, 4.69) is 16.0 Å². The molecule has 0 aliphatic carbocycles. The number of allylic oxidation sites excluding steroid dienone is 2. The molecule has 4 rings (SSSR count). The van der Waals surface area contributed by atoms with Crippen LogP contribution in [-0.2, 0) is 38.3 Å². The number of benzene rings is 3. The zero-order valence-electron chi connectivity index (χ0n) is 20.2. The normalized spacial score (nSPS) is 12.0. The van der Waals surface area contributed by atoms with Gasteiger partial charge in [0.2, 0.25) is 0 Å². The van der Waals surface area contributed by atoms with Gasteiger partial charge in [0, 0.05) is 24.2 Å². The standard InChI is InChI=1S/C30H28F4N2/c1-2-3-4-5-23-19-35-28(36-20-23)17-10-22-9-16-27-25(18-22)13-12-24(29(27)31)11-6-21-7-14-26(15-8-21)30(32,33)34/h2-3,7-9,12-16,18-20H,4-6,10-11,17H2,1H3/b3-2+. The zero-order chi connectivity index (χ0) is 25.5. The molecule has 0 fully saturated rings. The Hall–Kier alpha value is -3.54. The van der Waals surface area contributed by atoms with Gasteiger partial charge in [0.25, 0.3) is 0 Å². The Bertz CT molecular complexity index is 1320. The van der Waals surface area contributed by atoms with Crippen molar-refractivity contribution in [2.24, 2.45) is 0 Å². The van der Waals surface area contributed by atoms with Crippen LogP contribution in [0.4, 0.5) is 17.6 Å². The molecule has 0 aliphatic heterocycles. The summed E-state index contributed by atoms with van der Waals surface area (Å²) in [5, 5.41) is 1.37. The maximum Gasteiger partial charge on any atom is 0.416 e. The molecule has 0 saturated heterocycles. The second-order valence-electron chi connectivity index (χ2n) is 8.90. The van der Waals surface area contributed by atoms with E-state index in [-0.39, 0.29) is 5.82 Å². The molecular formula is C30H28F4N2. The van der Waals surface area contributed by atoms with Gasteiger partial charge in [0.15, 0.2) is 0 Å². The fraction of sp³-hybridized carbons (Fsp3) is 0.267. The predicted molar refractivity (Wildman–Crippen MR) is 135 cm³/mol. The Labute approximate surface area is 208 Å². The lowest BCUT2D eigenvalue weighted by atomic mass is 9.98. The van der Waals surface area contributed by atoms with Crippen LogP contribution in [0.2, 0.25) is 0 Å². The SMILES string of the molecule is C/C=C/CCc1cnc(CCc2ccc3c(F)c(CCc4ccc(C(F)(F)F)cc4)ccc3c2)nc1. The number of hydrogen-bond donors (Lipinski definition) is 0. The zero-order valence-corrected chi connectivity index (χ0v) is 20.2. The lowest BCUT2D eigenvalue weighted by Gasteiger charge is -2.10. The minimum absolute atomic E-state index is 0.275. The summed E-state index contributed by atoms with van der Waals surface area (Å²) in [6.45, 7) is 2.01. The van der Waals surface area contributed by atoms with Crippen molar-refractivity contribution in [3.05, 3.63) is 119 Å². The Balaban J connectivity index is 1.37. The smallest absolute Gasteiger partial charge is 0.241 e. The minimum atomic E-state index is -4.36. The van der Waals surface area contributed by atoms with E-state index in [0.29, 0.717) is 30.2 Å². The van der Waals surface area contributed by atoms with Crippen LogP contribution < -0.4 is 0 Å². The number of fused-ring (bicyclic) bond motifs is 1. The van der Waals surface area contributed by atoms with Gasteiger partial charge in [0.05, 0.1) is 5.56 Å². The molecule has 0 atom stereocenters. The van der Waals surface area contributed by atoms with Gasteiger partial charge < -0.3 is 0 Å². The van der Waals surface area contributed by atoms with Crippen molar-refractivity contribution in [3.63, 3.8) is 0 Å². The molecule has 0 amide bonds. The molecule has 1 heterocycles. The number of hydrogen-bond acceptors (Lipinski definition) is 2. The first kappa shape index (κ1) is 25.5. The van der Waals surface area contributed by atoms with Gasteiger partial charge in [0.1, 0.15) is 11.6 Å². The Morgan fingerprint density at radius 3 is 2.14 bits per heavy atom. The maximum absolute atomic E-state index is 15.2. The van der Waals surface area contributed by atoms with E-state index in [1.165, 1.54) is 12.1 Å². The summed E-state index contributed by atoms with van der Waals surface area (Å²) in [5.41, 5.74) is 2.82. The van der Waals surface area contributed by atoms with Gasteiger partial charge in [-0.15, -0.1) is 0 Å². The fourth-order valence-electron chi connectivity index (χ4n) is 4.19. The molecular weight excluding hydrogens is 464 g/mol. The van der Waals surface area contributed by atoms with Crippen LogP contribution in [0, 0.1) is 5.82 Å². The topological polar surface area (TPSA) is 25.8 Å². The highest BCUT2D eigenvalue weighted by atomic mass is 19.4. The third kappa shape index (κ3) is 6.56. The largest absolute Gasteiger partial charge is 0.416 e. The van der Waals surface area contributed by atoms with Crippen molar-refractivity contribution in [3.8, 4) is 0 Å². The predicted octanol–water partition coefficient (Wildman–Crippen LogP) is 7.87. The van der Waals surface area contributed by atoms with E-state index in [1.807, 2.05) is 43.6 Å². The van der Waals surface area contributed by atoms with Crippen LogP contribution in [0.25, 0.3) is 10.8 Å². The van der Waals surface area contributed by atoms with Crippen molar-refractivity contribution < 1.29 is 17.6 Å². The molecule has 3 aromatic carbocycles. The molecule has 0 aliphatic rings. The highest BCUT2D eigenvalue weighted by Crippen LogP contribution is 2.29. The summed E-state index contributed by atoms with van der Waals surface area (Å²) in [6, 6.07) is 14.4. The minimum Gasteiger partial charge on any atom is -0.241 e. The van der Waals surface area contributed by atoms with E-state index in [0.717, 1.165) is 59.3 Å². The third-order valence-electron chi connectivity index (χ3n) is 6.29. The van der Waals surface area contributed by atoms with Crippen molar-refractivity contribution in [2.45, 2.75) is 51.6 Å². The first-order chi connectivity index (χ1) is 17.3. The number of aromatic nitrogens is 2. The molecule has 0 unspecified atom stereocenters. The van der Waals surface area contributed by atoms with Gasteiger partial charge in [-0.3, -0.25) is 0 Å². The van der Waals surface area contributed by atoms with Crippen LogP contribution in [0.5, 0.6) is 0 Å². The van der Waals surface area contributed by atoms with E-state index in [4.69, 9.17) is 0 Å². The van der Waals surface area contributed by atoms with Crippen LogP contribution in [0.1, 0.15) is 47.0 Å². The molecule has 6 heteroatoms. The van der Waals surface area contributed by atoms with Crippen molar-refractivity contribution in [1.82, 2.24) is 9.97 Å². The Morgan fingerprint density at radius 2 is 1.44 bits per heavy atom. The first-order valence-electron chi connectivity index (χ1n) is 12.1. The van der Waals surface area contributed by atoms with Crippen molar-refractivity contribution in [2.75, 3.05) is 0 Å². The number of aryl methyl sites for hydroxylation is 5. The molecule has 2 nitrogen and oxygen atoms in total. The summed E-state index contributed by atoms with van der Waals surface area (Å²) in [5.74, 6) is 0.512. The molecule has 0 saturated carbocycles. The van der Waals surface area contributed by atoms with E-state index >= 15 is 4.39 Å². The number of alkyl halides is 3. The summed E-state index contributed by atoms with van der Waals surface area (Å²) < 4.78 is 53.4. The quantitative estimate of drug-likeness (QED) is 0.176. The Kier molecular flexibility index (Phi) is 8.14. The second-order valence-corrected chi connectivity index (χ2v) is 8.90. The summed E-state index contributed by atoms with van der Waals surface area (Å²) in [6.07, 6.45) is 7.81. The molecule has 0 bridgehead atoms. The van der Waals surface area contributed by atoms with Crippen molar-refractivity contribution in [1.29, 1.82) is 0 Å².